The van der Waals surface area contributed by atoms with Crippen molar-refractivity contribution in [3.63, 3.8) is 0 Å². The van der Waals surface area contributed by atoms with E-state index in [4.69, 9.17) is 0 Å². The zero-order valence-electron chi connectivity index (χ0n) is 16.3. The highest BCUT2D eigenvalue weighted by Crippen LogP contribution is 2.23. The van der Waals surface area contributed by atoms with Crippen molar-refractivity contribution in [2.45, 2.75) is 33.7 Å². The van der Waals surface area contributed by atoms with Crippen molar-refractivity contribution in [2.24, 2.45) is 0 Å². The number of imidazole rings is 1. The van der Waals surface area contributed by atoms with E-state index in [0.29, 0.717) is 17.2 Å². The van der Waals surface area contributed by atoms with Gasteiger partial charge in [0.1, 0.15) is 0 Å². The normalized spacial score (nSPS) is 11.1. The summed E-state index contributed by atoms with van der Waals surface area (Å²) in [4.78, 5) is 17.7. The lowest BCUT2D eigenvalue weighted by Crippen LogP contribution is -2.17. The number of benzene rings is 2. The van der Waals surface area contributed by atoms with Crippen molar-refractivity contribution >= 4 is 22.9 Å². The van der Waals surface area contributed by atoms with E-state index in [2.05, 4.69) is 26.9 Å². The Morgan fingerprint density at radius 2 is 1.75 bits per heavy atom. The van der Waals surface area contributed by atoms with Crippen molar-refractivity contribution in [3.8, 4) is 5.69 Å². The molecule has 6 heteroatoms. The molecule has 0 saturated carbocycles. The number of fused-ring (bicyclic) bond motifs is 1. The van der Waals surface area contributed by atoms with E-state index >= 15 is 0 Å². The molecule has 0 saturated heterocycles. The Bertz CT molecular complexity index is 1140. The van der Waals surface area contributed by atoms with Gasteiger partial charge in [-0.15, -0.1) is 0 Å². The van der Waals surface area contributed by atoms with Crippen LogP contribution in [-0.4, -0.2) is 25.2 Å². The Labute approximate surface area is 163 Å². The molecule has 0 aliphatic rings. The van der Waals surface area contributed by atoms with Crippen LogP contribution in [-0.2, 0) is 6.54 Å². The number of hydrogen-bond donors (Lipinski definition) is 1. The molecule has 2 heterocycles. The molecule has 2 aromatic carbocycles. The van der Waals surface area contributed by atoms with Crippen LogP contribution in [0.2, 0.25) is 0 Å². The Kier molecular flexibility index (Phi) is 4.69. The van der Waals surface area contributed by atoms with Gasteiger partial charge in [0.25, 0.3) is 5.91 Å². The zero-order valence-corrected chi connectivity index (χ0v) is 16.3. The predicted molar refractivity (Wildman–Crippen MR) is 111 cm³/mol. The fourth-order valence-electron chi connectivity index (χ4n) is 3.58. The minimum atomic E-state index is -0.190. The summed E-state index contributed by atoms with van der Waals surface area (Å²) in [5, 5.41) is 7.58. The molecule has 6 nitrogen and oxygen atoms in total. The van der Waals surface area contributed by atoms with Gasteiger partial charge >= 0.3 is 0 Å². The second kappa shape index (κ2) is 7.31. The highest BCUT2D eigenvalue weighted by molar-refractivity contribution is 6.05. The quantitative estimate of drug-likeness (QED) is 0.560. The van der Waals surface area contributed by atoms with Crippen LogP contribution in [0, 0.1) is 13.8 Å². The Hall–Kier alpha value is -3.41. The van der Waals surface area contributed by atoms with Gasteiger partial charge in [-0.3, -0.25) is 10.1 Å². The van der Waals surface area contributed by atoms with Crippen LogP contribution in [0.1, 0.15) is 35.1 Å². The lowest BCUT2D eigenvalue weighted by molar-refractivity contribution is 0.102. The molecule has 0 atom stereocenters. The second-order valence-corrected chi connectivity index (χ2v) is 6.82. The van der Waals surface area contributed by atoms with E-state index in [1.54, 1.807) is 4.68 Å². The molecule has 0 spiro atoms. The summed E-state index contributed by atoms with van der Waals surface area (Å²) < 4.78 is 3.86. The standard InChI is InChI=1S/C22H23N5O/c1-4-14-26-19-13-9-8-12-18(19)23-22(26)24-21(28)20-15(2)25-27(16(20)3)17-10-6-5-7-11-17/h5-13H,4,14H2,1-3H3,(H,23,24,28). The van der Waals surface area contributed by atoms with Gasteiger partial charge < -0.3 is 4.57 Å². The Morgan fingerprint density at radius 1 is 1.04 bits per heavy atom. The summed E-state index contributed by atoms with van der Waals surface area (Å²) in [5.74, 6) is 0.379. The summed E-state index contributed by atoms with van der Waals surface area (Å²) in [6.07, 6.45) is 0.952. The third-order valence-electron chi connectivity index (χ3n) is 4.85. The summed E-state index contributed by atoms with van der Waals surface area (Å²) in [6.45, 7) is 6.67. The topological polar surface area (TPSA) is 64.7 Å². The van der Waals surface area contributed by atoms with Crippen LogP contribution in [0.5, 0.6) is 0 Å². The van der Waals surface area contributed by atoms with E-state index in [0.717, 1.165) is 35.4 Å². The largest absolute Gasteiger partial charge is 0.310 e. The summed E-state index contributed by atoms with van der Waals surface area (Å²) >= 11 is 0. The second-order valence-electron chi connectivity index (χ2n) is 6.82. The molecule has 0 radical (unpaired) electrons. The number of nitrogens with one attached hydrogen (secondary N) is 1. The molecular weight excluding hydrogens is 350 g/mol. The van der Waals surface area contributed by atoms with Gasteiger partial charge in [0.15, 0.2) is 0 Å². The van der Waals surface area contributed by atoms with Crippen molar-refractivity contribution in [1.82, 2.24) is 19.3 Å². The van der Waals surface area contributed by atoms with Crippen LogP contribution in [0.15, 0.2) is 54.6 Å². The zero-order chi connectivity index (χ0) is 19.7. The maximum absolute atomic E-state index is 13.1. The van der Waals surface area contributed by atoms with Crippen molar-refractivity contribution in [1.29, 1.82) is 0 Å². The van der Waals surface area contributed by atoms with Gasteiger partial charge in [-0.2, -0.15) is 5.10 Å². The predicted octanol–water partition coefficient (Wildman–Crippen LogP) is 4.50. The molecule has 2 aromatic heterocycles. The summed E-state index contributed by atoms with van der Waals surface area (Å²) in [5.41, 5.74) is 4.91. The summed E-state index contributed by atoms with van der Waals surface area (Å²) in [7, 11) is 0. The molecule has 0 unspecified atom stereocenters. The first kappa shape index (κ1) is 18.0. The molecule has 142 valence electrons. The molecule has 28 heavy (non-hydrogen) atoms. The first-order chi connectivity index (χ1) is 13.6. The Balaban J connectivity index is 1.71. The fraction of sp³-hybridized carbons (Fsp3) is 0.227. The number of para-hydroxylation sites is 3. The van der Waals surface area contributed by atoms with E-state index < -0.39 is 0 Å². The van der Waals surface area contributed by atoms with Gasteiger partial charge in [-0.05, 0) is 44.5 Å². The van der Waals surface area contributed by atoms with E-state index in [-0.39, 0.29) is 5.91 Å². The van der Waals surface area contributed by atoms with Gasteiger partial charge in [-0.1, -0.05) is 37.3 Å². The SMILES string of the molecule is CCCn1c(NC(=O)c2c(C)nn(-c3ccccc3)c2C)nc2ccccc21. The minimum Gasteiger partial charge on any atom is -0.310 e. The molecular formula is C22H23N5O. The molecule has 1 N–H and O–H groups in total. The highest BCUT2D eigenvalue weighted by atomic mass is 16.1. The number of aryl methyl sites for hydroxylation is 2. The van der Waals surface area contributed by atoms with Crippen LogP contribution >= 0.6 is 0 Å². The van der Waals surface area contributed by atoms with Gasteiger partial charge in [0.05, 0.1) is 33.7 Å². The third-order valence-corrected chi connectivity index (χ3v) is 4.85. The molecule has 0 bridgehead atoms. The number of carbonyl (C=O) groups is 1. The van der Waals surface area contributed by atoms with E-state index in [1.165, 1.54) is 0 Å². The van der Waals surface area contributed by atoms with Gasteiger partial charge in [0.2, 0.25) is 5.95 Å². The Morgan fingerprint density at radius 3 is 2.50 bits per heavy atom. The molecule has 1 amide bonds. The van der Waals surface area contributed by atoms with Crippen molar-refractivity contribution in [2.75, 3.05) is 5.32 Å². The number of amides is 1. The summed E-state index contributed by atoms with van der Waals surface area (Å²) in [6, 6.07) is 17.7. The maximum atomic E-state index is 13.1. The monoisotopic (exact) mass is 373 g/mol. The number of carbonyl (C=O) groups excluding carboxylic acids is 1. The van der Waals surface area contributed by atoms with Crippen LogP contribution in [0.3, 0.4) is 0 Å². The van der Waals surface area contributed by atoms with Gasteiger partial charge in [-0.25, -0.2) is 9.67 Å². The number of rotatable bonds is 5. The van der Waals surface area contributed by atoms with Crippen LogP contribution in [0.4, 0.5) is 5.95 Å². The van der Waals surface area contributed by atoms with E-state index in [9.17, 15) is 4.79 Å². The lowest BCUT2D eigenvalue weighted by Gasteiger charge is -2.09. The lowest BCUT2D eigenvalue weighted by atomic mass is 10.2. The minimum absolute atomic E-state index is 0.190. The number of anilines is 1. The van der Waals surface area contributed by atoms with Crippen molar-refractivity contribution in [3.05, 3.63) is 71.5 Å². The number of hydrogen-bond acceptors (Lipinski definition) is 3. The average Bonchev–Trinajstić information content (AvgIpc) is 3.19. The van der Waals surface area contributed by atoms with Crippen molar-refractivity contribution < 1.29 is 4.79 Å². The average molecular weight is 373 g/mol. The number of nitrogens with zero attached hydrogens (tertiary/aromatic N) is 4. The highest BCUT2D eigenvalue weighted by Gasteiger charge is 2.21. The first-order valence-corrected chi connectivity index (χ1v) is 9.48. The number of aromatic nitrogens is 4. The fourth-order valence-corrected chi connectivity index (χ4v) is 3.58. The van der Waals surface area contributed by atoms with Crippen LogP contribution in [0.25, 0.3) is 16.7 Å². The molecule has 0 aliphatic carbocycles. The first-order valence-electron chi connectivity index (χ1n) is 9.48. The maximum Gasteiger partial charge on any atom is 0.261 e. The molecule has 4 aromatic rings. The molecule has 0 aliphatic heterocycles. The smallest absolute Gasteiger partial charge is 0.261 e. The molecule has 4 rings (SSSR count). The van der Waals surface area contributed by atoms with E-state index in [1.807, 2.05) is 68.4 Å². The van der Waals surface area contributed by atoms with Gasteiger partial charge in [0, 0.05) is 6.54 Å². The molecule has 0 fully saturated rings. The third kappa shape index (κ3) is 3.07. The van der Waals surface area contributed by atoms with Crippen LogP contribution < -0.4 is 5.32 Å².